The second-order valence-electron chi connectivity index (χ2n) is 9.48. The van der Waals surface area contributed by atoms with Crippen molar-refractivity contribution in [3.05, 3.63) is 60.4 Å². The first-order valence-corrected chi connectivity index (χ1v) is 12.7. The molecule has 7 nitrogen and oxygen atoms in total. The number of para-hydroxylation sites is 2. The SMILES string of the molecule is C[C@@H](Oc1ccccc1)C(=O)Nc1c(C(=O)N2CCC(N3CCCCC3)CC2)oc2ccccc12. The van der Waals surface area contributed by atoms with E-state index in [1.54, 1.807) is 19.1 Å². The molecule has 2 amide bonds. The normalized spacial score (nSPS) is 18.4. The second-order valence-corrected chi connectivity index (χ2v) is 9.48. The zero-order valence-corrected chi connectivity index (χ0v) is 20.2. The molecule has 3 aromatic rings. The molecule has 3 heterocycles. The van der Waals surface area contributed by atoms with Gasteiger partial charge in [-0.05, 0) is 70.0 Å². The summed E-state index contributed by atoms with van der Waals surface area (Å²) >= 11 is 0. The van der Waals surface area contributed by atoms with Crippen molar-refractivity contribution in [3.8, 4) is 5.75 Å². The van der Waals surface area contributed by atoms with Crippen LogP contribution in [-0.4, -0.2) is 59.9 Å². The highest BCUT2D eigenvalue weighted by Gasteiger charge is 2.32. The number of ether oxygens (including phenoxy) is 1. The van der Waals surface area contributed by atoms with Crippen molar-refractivity contribution >= 4 is 28.5 Å². The quantitative estimate of drug-likeness (QED) is 0.547. The van der Waals surface area contributed by atoms with Crippen molar-refractivity contribution in [2.75, 3.05) is 31.5 Å². The topological polar surface area (TPSA) is 75.0 Å². The van der Waals surface area contributed by atoms with Crippen molar-refractivity contribution in [2.45, 2.75) is 51.2 Å². The third-order valence-corrected chi connectivity index (χ3v) is 7.12. The van der Waals surface area contributed by atoms with E-state index in [0.717, 1.165) is 12.8 Å². The van der Waals surface area contributed by atoms with E-state index in [4.69, 9.17) is 9.15 Å². The van der Waals surface area contributed by atoms with Crippen LogP contribution in [0.1, 0.15) is 49.6 Å². The molecule has 0 radical (unpaired) electrons. The van der Waals surface area contributed by atoms with Crippen LogP contribution in [0, 0.1) is 0 Å². The number of amides is 2. The number of fused-ring (bicyclic) bond motifs is 1. The molecule has 0 bridgehead atoms. The molecule has 0 aliphatic carbocycles. The van der Waals surface area contributed by atoms with Gasteiger partial charge >= 0.3 is 0 Å². The molecule has 184 valence electrons. The average Bonchev–Trinajstić information content (AvgIpc) is 3.27. The molecule has 0 unspecified atom stereocenters. The van der Waals surface area contributed by atoms with E-state index in [1.807, 2.05) is 47.4 Å². The van der Waals surface area contributed by atoms with E-state index in [9.17, 15) is 9.59 Å². The van der Waals surface area contributed by atoms with Gasteiger partial charge in [0.2, 0.25) is 5.76 Å². The molecular weight excluding hydrogens is 442 g/mol. The van der Waals surface area contributed by atoms with Gasteiger partial charge < -0.3 is 24.3 Å². The highest BCUT2D eigenvalue weighted by Crippen LogP contribution is 2.33. The van der Waals surface area contributed by atoms with Crippen LogP contribution in [0.5, 0.6) is 5.75 Å². The van der Waals surface area contributed by atoms with Gasteiger partial charge in [0.15, 0.2) is 6.10 Å². The Morgan fingerprint density at radius 1 is 0.943 bits per heavy atom. The summed E-state index contributed by atoms with van der Waals surface area (Å²) < 4.78 is 11.8. The summed E-state index contributed by atoms with van der Waals surface area (Å²) in [7, 11) is 0. The number of carbonyl (C=O) groups excluding carboxylic acids is 2. The maximum atomic E-state index is 13.6. The van der Waals surface area contributed by atoms with Crippen LogP contribution in [0.2, 0.25) is 0 Å². The highest BCUT2D eigenvalue weighted by molar-refractivity contribution is 6.11. The van der Waals surface area contributed by atoms with E-state index < -0.39 is 6.10 Å². The lowest BCUT2D eigenvalue weighted by atomic mass is 9.99. The molecule has 2 aliphatic rings. The largest absolute Gasteiger partial charge is 0.481 e. The van der Waals surface area contributed by atoms with Crippen LogP contribution in [0.25, 0.3) is 11.0 Å². The Balaban J connectivity index is 1.31. The maximum Gasteiger partial charge on any atom is 0.291 e. The van der Waals surface area contributed by atoms with Crippen LogP contribution in [-0.2, 0) is 4.79 Å². The minimum Gasteiger partial charge on any atom is -0.481 e. The van der Waals surface area contributed by atoms with E-state index >= 15 is 0 Å². The fraction of sp³-hybridized carbons (Fsp3) is 0.429. The first-order valence-electron chi connectivity index (χ1n) is 12.7. The van der Waals surface area contributed by atoms with Crippen LogP contribution in [0.4, 0.5) is 5.69 Å². The number of anilines is 1. The maximum absolute atomic E-state index is 13.6. The number of piperidine rings is 2. The van der Waals surface area contributed by atoms with Gasteiger partial charge in [-0.3, -0.25) is 9.59 Å². The predicted octanol–water partition coefficient (Wildman–Crippen LogP) is 4.93. The lowest BCUT2D eigenvalue weighted by molar-refractivity contribution is -0.122. The molecule has 1 aromatic heterocycles. The summed E-state index contributed by atoms with van der Waals surface area (Å²) in [6.07, 6.45) is 5.06. The molecule has 7 heteroatoms. The van der Waals surface area contributed by atoms with E-state index in [-0.39, 0.29) is 17.6 Å². The van der Waals surface area contributed by atoms with Gasteiger partial charge in [0.25, 0.3) is 11.8 Å². The fourth-order valence-corrected chi connectivity index (χ4v) is 5.16. The molecule has 2 saturated heterocycles. The number of furan rings is 1. The van der Waals surface area contributed by atoms with Crippen molar-refractivity contribution in [1.82, 2.24) is 9.80 Å². The highest BCUT2D eigenvalue weighted by atomic mass is 16.5. The lowest BCUT2D eigenvalue weighted by Crippen LogP contribution is -2.48. The van der Waals surface area contributed by atoms with Crippen molar-refractivity contribution < 1.29 is 18.7 Å². The molecule has 2 aliphatic heterocycles. The molecule has 35 heavy (non-hydrogen) atoms. The minimum absolute atomic E-state index is 0.176. The Labute approximate surface area is 206 Å². The summed E-state index contributed by atoms with van der Waals surface area (Å²) in [5, 5.41) is 3.63. The van der Waals surface area contributed by atoms with Crippen LogP contribution in [0.3, 0.4) is 0 Å². The standard InChI is InChI=1S/C28H33N3O4/c1-20(34-22-10-4-2-5-11-22)27(32)29-25-23-12-6-7-13-24(23)35-26(25)28(33)31-18-14-21(15-19-31)30-16-8-3-9-17-30/h2,4-7,10-13,20-21H,3,8-9,14-19H2,1H3,(H,29,32)/t20-/m1/s1. The number of hydrogen-bond donors (Lipinski definition) is 1. The second kappa shape index (κ2) is 10.5. The fourth-order valence-electron chi connectivity index (χ4n) is 5.16. The number of nitrogens with one attached hydrogen (secondary N) is 1. The van der Waals surface area contributed by atoms with Crippen molar-refractivity contribution in [2.24, 2.45) is 0 Å². The van der Waals surface area contributed by atoms with Gasteiger partial charge in [-0.2, -0.15) is 0 Å². The Kier molecular flexibility index (Phi) is 7.04. The van der Waals surface area contributed by atoms with Gasteiger partial charge in [-0.1, -0.05) is 36.8 Å². The zero-order chi connectivity index (χ0) is 24.2. The summed E-state index contributed by atoms with van der Waals surface area (Å²) in [5.41, 5.74) is 0.989. The lowest BCUT2D eigenvalue weighted by Gasteiger charge is -2.40. The van der Waals surface area contributed by atoms with E-state index in [0.29, 0.717) is 41.5 Å². The predicted molar refractivity (Wildman–Crippen MR) is 136 cm³/mol. The average molecular weight is 476 g/mol. The molecule has 5 rings (SSSR count). The molecule has 1 N–H and O–H groups in total. The monoisotopic (exact) mass is 475 g/mol. The van der Waals surface area contributed by atoms with E-state index in [2.05, 4.69) is 10.2 Å². The van der Waals surface area contributed by atoms with Gasteiger partial charge in [0.1, 0.15) is 17.0 Å². The summed E-state index contributed by atoms with van der Waals surface area (Å²) in [5.74, 6) is 0.284. The molecule has 0 saturated carbocycles. The van der Waals surface area contributed by atoms with Gasteiger partial charge in [0, 0.05) is 24.5 Å². The molecular formula is C28H33N3O4. The Morgan fingerprint density at radius 3 is 2.37 bits per heavy atom. The first-order chi connectivity index (χ1) is 17.1. The summed E-state index contributed by atoms with van der Waals surface area (Å²) in [6, 6.07) is 17.2. The van der Waals surface area contributed by atoms with Gasteiger partial charge in [-0.15, -0.1) is 0 Å². The van der Waals surface area contributed by atoms with Gasteiger partial charge in [-0.25, -0.2) is 0 Å². The van der Waals surface area contributed by atoms with Crippen molar-refractivity contribution in [3.63, 3.8) is 0 Å². The van der Waals surface area contributed by atoms with Crippen LogP contribution >= 0.6 is 0 Å². The number of likely N-dealkylation sites (tertiary alicyclic amines) is 2. The first kappa shape index (κ1) is 23.4. The zero-order valence-electron chi connectivity index (χ0n) is 20.2. The molecule has 2 fully saturated rings. The van der Waals surface area contributed by atoms with E-state index in [1.165, 1.54) is 32.4 Å². The van der Waals surface area contributed by atoms with Gasteiger partial charge in [0.05, 0.1) is 0 Å². The molecule has 2 aromatic carbocycles. The van der Waals surface area contributed by atoms with Crippen molar-refractivity contribution in [1.29, 1.82) is 0 Å². The summed E-state index contributed by atoms with van der Waals surface area (Å²) in [4.78, 5) is 31.0. The Hall–Kier alpha value is -3.32. The minimum atomic E-state index is -0.741. The number of nitrogens with zero attached hydrogens (tertiary/aromatic N) is 2. The number of hydrogen-bond acceptors (Lipinski definition) is 5. The van der Waals surface area contributed by atoms with Crippen LogP contribution in [0.15, 0.2) is 59.0 Å². The Bertz CT molecular complexity index is 1160. The number of benzene rings is 2. The molecule has 1 atom stereocenters. The van der Waals surface area contributed by atoms with Crippen LogP contribution < -0.4 is 10.1 Å². The third kappa shape index (κ3) is 5.20. The summed E-state index contributed by atoms with van der Waals surface area (Å²) in [6.45, 7) is 5.41. The molecule has 0 spiro atoms. The smallest absolute Gasteiger partial charge is 0.291 e. The Morgan fingerprint density at radius 2 is 1.63 bits per heavy atom. The third-order valence-electron chi connectivity index (χ3n) is 7.12. The number of carbonyl (C=O) groups is 2. The number of rotatable bonds is 6.